The Morgan fingerprint density at radius 3 is 2.69 bits per heavy atom. The van der Waals surface area contributed by atoms with Crippen molar-refractivity contribution in [1.82, 2.24) is 9.80 Å². The monoisotopic (exact) mass is 414 g/mol. The van der Waals surface area contributed by atoms with Gasteiger partial charge < -0.3 is 14.5 Å². The lowest BCUT2D eigenvalue weighted by Gasteiger charge is -2.37. The van der Waals surface area contributed by atoms with Gasteiger partial charge in [0.05, 0.1) is 12.6 Å². The Balaban J connectivity index is 1.72. The molecule has 0 unspecified atom stereocenters. The van der Waals surface area contributed by atoms with E-state index in [2.05, 4.69) is 25.3 Å². The van der Waals surface area contributed by atoms with Crippen LogP contribution >= 0.6 is 11.3 Å². The average molecular weight is 415 g/mol. The van der Waals surface area contributed by atoms with E-state index in [1.54, 1.807) is 16.2 Å². The van der Waals surface area contributed by atoms with Crippen molar-refractivity contribution in [3.05, 3.63) is 52.2 Å². The van der Waals surface area contributed by atoms with Gasteiger partial charge in [-0.15, -0.1) is 11.3 Å². The number of thiophene rings is 1. The van der Waals surface area contributed by atoms with E-state index >= 15 is 0 Å². The van der Waals surface area contributed by atoms with Crippen LogP contribution in [-0.2, 0) is 16.0 Å². The number of carbonyl (C=O) groups excluding carboxylic acids is 2. The topological polar surface area (TPSA) is 49.9 Å². The minimum absolute atomic E-state index is 0.0116. The zero-order chi connectivity index (χ0) is 20.8. The summed E-state index contributed by atoms with van der Waals surface area (Å²) in [5.41, 5.74) is 1.17. The lowest BCUT2D eigenvalue weighted by molar-refractivity contribution is -0.142. The fourth-order valence-corrected chi connectivity index (χ4v) is 4.51. The van der Waals surface area contributed by atoms with Crippen LogP contribution in [0.15, 0.2) is 41.8 Å². The second-order valence-corrected chi connectivity index (χ2v) is 8.90. The Kier molecular flexibility index (Phi) is 7.31. The normalized spacial score (nSPS) is 15.9. The first-order valence-corrected chi connectivity index (χ1v) is 11.1. The molecule has 1 aromatic heterocycles. The van der Waals surface area contributed by atoms with Gasteiger partial charge in [0.25, 0.3) is 0 Å². The summed E-state index contributed by atoms with van der Waals surface area (Å²) in [5.74, 6) is 1.22. The van der Waals surface area contributed by atoms with E-state index in [4.69, 9.17) is 4.74 Å². The zero-order valence-corrected chi connectivity index (χ0v) is 18.3. The van der Waals surface area contributed by atoms with E-state index in [0.717, 1.165) is 18.6 Å². The summed E-state index contributed by atoms with van der Waals surface area (Å²) in [7, 11) is 0. The van der Waals surface area contributed by atoms with Crippen molar-refractivity contribution in [2.75, 3.05) is 26.2 Å². The maximum Gasteiger partial charge on any atom is 0.242 e. The molecule has 0 spiro atoms. The number of hydrogen-bond donors (Lipinski definition) is 0. The Morgan fingerprint density at radius 1 is 1.24 bits per heavy atom. The molecule has 0 fully saturated rings. The molecule has 5 nitrogen and oxygen atoms in total. The van der Waals surface area contributed by atoms with Gasteiger partial charge in [-0.3, -0.25) is 9.59 Å². The van der Waals surface area contributed by atoms with Crippen molar-refractivity contribution in [3.63, 3.8) is 0 Å². The van der Waals surface area contributed by atoms with Crippen LogP contribution < -0.4 is 4.74 Å². The third-order valence-corrected chi connectivity index (χ3v) is 6.31. The molecule has 0 saturated carbocycles. The number of fused-ring (bicyclic) bond motifs is 1. The molecule has 0 bridgehead atoms. The standard InChI is InChI=1S/C23H30N2O3S/c1-17(2)9-12-24(18(3)26)15-23(27)25-13-10-22-20(11-14-29-22)21(25)16-28-19-7-5-4-6-8-19/h4-8,11,14,17,21H,9-10,12-13,15-16H2,1-3H3/t21-/m0/s1. The summed E-state index contributed by atoms with van der Waals surface area (Å²) in [6.45, 7) is 7.60. The largest absolute Gasteiger partial charge is 0.491 e. The molecule has 156 valence electrons. The van der Waals surface area contributed by atoms with Crippen LogP contribution in [0.3, 0.4) is 0 Å². The molecule has 0 N–H and O–H groups in total. The molecule has 6 heteroatoms. The maximum atomic E-state index is 13.2. The molecule has 1 aromatic carbocycles. The molecule has 29 heavy (non-hydrogen) atoms. The van der Waals surface area contributed by atoms with Gasteiger partial charge >= 0.3 is 0 Å². The molecule has 1 aliphatic heterocycles. The van der Waals surface area contributed by atoms with Crippen molar-refractivity contribution in [2.24, 2.45) is 5.92 Å². The van der Waals surface area contributed by atoms with Gasteiger partial charge in [0.1, 0.15) is 12.4 Å². The van der Waals surface area contributed by atoms with Crippen LogP contribution in [0, 0.1) is 5.92 Å². The summed E-state index contributed by atoms with van der Waals surface area (Å²) in [6.07, 6.45) is 1.74. The Bertz CT molecular complexity index is 819. The average Bonchev–Trinajstić information content (AvgIpc) is 3.18. The SMILES string of the molecule is CC(=O)N(CCC(C)C)CC(=O)N1CCc2sccc2[C@@H]1COc1ccccc1. The first-order chi connectivity index (χ1) is 14.0. The highest BCUT2D eigenvalue weighted by atomic mass is 32.1. The quantitative estimate of drug-likeness (QED) is 0.652. The highest BCUT2D eigenvalue weighted by Crippen LogP contribution is 2.34. The van der Waals surface area contributed by atoms with Crippen LogP contribution in [-0.4, -0.2) is 47.9 Å². The summed E-state index contributed by atoms with van der Waals surface area (Å²) in [4.78, 5) is 30.1. The summed E-state index contributed by atoms with van der Waals surface area (Å²) >= 11 is 1.74. The highest BCUT2D eigenvalue weighted by Gasteiger charge is 2.33. The smallest absolute Gasteiger partial charge is 0.242 e. The molecule has 3 rings (SSSR count). The van der Waals surface area contributed by atoms with E-state index in [1.807, 2.05) is 35.2 Å². The molecule has 1 atom stereocenters. The van der Waals surface area contributed by atoms with Crippen LogP contribution in [0.2, 0.25) is 0 Å². The van der Waals surface area contributed by atoms with Crippen LogP contribution in [0.25, 0.3) is 0 Å². The number of hydrogen-bond acceptors (Lipinski definition) is 4. The van der Waals surface area contributed by atoms with Crippen molar-refractivity contribution in [1.29, 1.82) is 0 Å². The van der Waals surface area contributed by atoms with E-state index < -0.39 is 0 Å². The summed E-state index contributed by atoms with van der Waals surface area (Å²) < 4.78 is 6.01. The number of carbonyl (C=O) groups is 2. The lowest BCUT2D eigenvalue weighted by atomic mass is 10.0. The second-order valence-electron chi connectivity index (χ2n) is 7.90. The lowest BCUT2D eigenvalue weighted by Crippen LogP contribution is -2.47. The Hall–Kier alpha value is -2.34. The molecule has 2 amide bonds. The predicted molar refractivity (Wildman–Crippen MR) is 116 cm³/mol. The van der Waals surface area contributed by atoms with E-state index in [9.17, 15) is 9.59 Å². The fourth-order valence-electron chi connectivity index (χ4n) is 3.58. The second kappa shape index (κ2) is 9.92. The third kappa shape index (κ3) is 5.60. The van der Waals surface area contributed by atoms with Gasteiger partial charge in [-0.05, 0) is 47.9 Å². The first kappa shape index (κ1) is 21.4. The van der Waals surface area contributed by atoms with Crippen molar-refractivity contribution in [2.45, 2.75) is 39.7 Å². The molecule has 0 radical (unpaired) electrons. The number of nitrogens with zero attached hydrogens (tertiary/aromatic N) is 2. The van der Waals surface area contributed by atoms with Gasteiger partial charge in [-0.25, -0.2) is 0 Å². The van der Waals surface area contributed by atoms with Crippen molar-refractivity contribution in [3.8, 4) is 5.75 Å². The zero-order valence-electron chi connectivity index (χ0n) is 17.5. The van der Waals surface area contributed by atoms with Crippen molar-refractivity contribution >= 4 is 23.2 Å². The predicted octanol–water partition coefficient (Wildman–Crippen LogP) is 4.15. The first-order valence-electron chi connectivity index (χ1n) is 10.2. The molecule has 2 heterocycles. The van der Waals surface area contributed by atoms with Gasteiger partial charge in [-0.2, -0.15) is 0 Å². The number of benzene rings is 1. The highest BCUT2D eigenvalue weighted by molar-refractivity contribution is 7.10. The van der Waals surface area contributed by atoms with Gasteiger partial charge in [0.15, 0.2) is 0 Å². The van der Waals surface area contributed by atoms with Gasteiger partial charge in [0.2, 0.25) is 11.8 Å². The third-order valence-electron chi connectivity index (χ3n) is 5.31. The minimum Gasteiger partial charge on any atom is -0.491 e. The maximum absolute atomic E-state index is 13.2. The molecule has 0 aliphatic carbocycles. The van der Waals surface area contributed by atoms with E-state index in [1.165, 1.54) is 17.4 Å². The van der Waals surface area contributed by atoms with E-state index in [-0.39, 0.29) is 24.4 Å². The molecule has 1 aliphatic rings. The van der Waals surface area contributed by atoms with Gasteiger partial charge in [-0.1, -0.05) is 32.0 Å². The van der Waals surface area contributed by atoms with Crippen molar-refractivity contribution < 1.29 is 14.3 Å². The number of para-hydroxylation sites is 1. The molecular formula is C23H30N2O3S. The fraction of sp³-hybridized carbons (Fsp3) is 0.478. The number of amides is 2. The minimum atomic E-state index is -0.128. The summed E-state index contributed by atoms with van der Waals surface area (Å²) in [5, 5.41) is 2.08. The van der Waals surface area contributed by atoms with Crippen LogP contribution in [0.5, 0.6) is 5.75 Å². The molecule has 0 saturated heterocycles. The number of rotatable bonds is 8. The Morgan fingerprint density at radius 2 is 2.00 bits per heavy atom. The van der Waals surface area contributed by atoms with Crippen LogP contribution in [0.1, 0.15) is 43.7 Å². The van der Waals surface area contributed by atoms with Crippen LogP contribution in [0.4, 0.5) is 0 Å². The molecule has 2 aromatic rings. The van der Waals surface area contributed by atoms with Gasteiger partial charge in [0, 0.05) is 24.9 Å². The summed E-state index contributed by atoms with van der Waals surface area (Å²) in [6, 6.07) is 11.6. The number of ether oxygens (including phenoxy) is 1. The van der Waals surface area contributed by atoms with E-state index in [0.29, 0.717) is 25.6 Å². The molecular weight excluding hydrogens is 384 g/mol. The Labute approximate surface area is 177 Å².